The average molecular weight is 308 g/mol. The number of hydrogen-bond acceptors (Lipinski definition) is 2. The van der Waals surface area contributed by atoms with Crippen LogP contribution < -0.4 is 0 Å². The molecule has 0 saturated heterocycles. The zero-order valence-corrected chi connectivity index (χ0v) is 12.1. The van der Waals surface area contributed by atoms with Crippen molar-refractivity contribution in [1.82, 2.24) is 4.98 Å². The van der Waals surface area contributed by atoms with Crippen LogP contribution in [0.5, 0.6) is 0 Å². The molecule has 0 aromatic carbocycles. The molecule has 0 bridgehead atoms. The number of halogens is 4. The first-order chi connectivity index (χ1) is 9.08. The molecule has 1 N–H and O–H groups in total. The van der Waals surface area contributed by atoms with E-state index in [0.717, 1.165) is 25.3 Å². The van der Waals surface area contributed by atoms with Gasteiger partial charge in [0.05, 0.1) is 5.60 Å². The summed E-state index contributed by atoms with van der Waals surface area (Å²) in [6.07, 6.45) is -1.46. The van der Waals surface area contributed by atoms with Crippen LogP contribution in [0.3, 0.4) is 0 Å². The van der Waals surface area contributed by atoms with Crippen molar-refractivity contribution in [3.05, 3.63) is 28.5 Å². The van der Waals surface area contributed by atoms with E-state index in [9.17, 15) is 18.3 Å². The van der Waals surface area contributed by atoms with Gasteiger partial charge in [-0.3, -0.25) is 0 Å². The summed E-state index contributed by atoms with van der Waals surface area (Å²) in [5, 5.41) is 10.7. The summed E-state index contributed by atoms with van der Waals surface area (Å²) in [7, 11) is 0. The van der Waals surface area contributed by atoms with E-state index in [-0.39, 0.29) is 10.7 Å². The summed E-state index contributed by atoms with van der Waals surface area (Å²) in [6, 6.07) is 2.13. The summed E-state index contributed by atoms with van der Waals surface area (Å²) in [6.45, 7) is 3.81. The molecule has 1 aliphatic carbocycles. The van der Waals surface area contributed by atoms with Gasteiger partial charge in [-0.25, -0.2) is 4.98 Å². The number of alkyl halides is 3. The number of aromatic nitrogens is 1. The van der Waals surface area contributed by atoms with E-state index in [1.54, 1.807) is 0 Å². The lowest BCUT2D eigenvalue weighted by atomic mass is 9.63. The summed E-state index contributed by atoms with van der Waals surface area (Å²) in [5.41, 5.74) is -2.43. The molecular weight excluding hydrogens is 291 g/mol. The lowest BCUT2D eigenvalue weighted by molar-refractivity contribution is -0.141. The Morgan fingerprint density at radius 3 is 2.30 bits per heavy atom. The monoisotopic (exact) mass is 307 g/mol. The lowest BCUT2D eigenvalue weighted by Crippen LogP contribution is -2.44. The third-order valence-corrected chi connectivity index (χ3v) is 4.58. The Bertz CT molecular complexity index is 516. The van der Waals surface area contributed by atoms with Gasteiger partial charge in [-0.2, -0.15) is 13.2 Å². The van der Waals surface area contributed by atoms with E-state index in [2.05, 4.69) is 4.98 Å². The Balaban J connectivity index is 2.47. The number of hydrogen-bond donors (Lipinski definition) is 1. The molecule has 1 fully saturated rings. The Labute approximate surface area is 121 Å². The summed E-state index contributed by atoms with van der Waals surface area (Å²) in [5.74, 6) is 0. The molecule has 0 radical (unpaired) electrons. The van der Waals surface area contributed by atoms with E-state index in [4.69, 9.17) is 11.6 Å². The van der Waals surface area contributed by atoms with Gasteiger partial charge < -0.3 is 5.11 Å². The van der Waals surface area contributed by atoms with Crippen molar-refractivity contribution in [3.63, 3.8) is 0 Å². The molecule has 112 valence electrons. The molecule has 1 aliphatic rings. The van der Waals surface area contributed by atoms with Crippen molar-refractivity contribution < 1.29 is 18.3 Å². The van der Waals surface area contributed by atoms with Gasteiger partial charge in [-0.05, 0) is 24.3 Å². The molecule has 2 nitrogen and oxygen atoms in total. The molecule has 0 amide bonds. The first kappa shape index (κ1) is 15.6. The van der Waals surface area contributed by atoms with E-state index in [0.29, 0.717) is 6.42 Å². The normalized spacial score (nSPS) is 26.6. The van der Waals surface area contributed by atoms with Gasteiger partial charge in [-0.1, -0.05) is 44.4 Å². The second-order valence-corrected chi connectivity index (χ2v) is 6.34. The molecule has 1 saturated carbocycles. The Morgan fingerprint density at radius 2 is 1.80 bits per heavy atom. The minimum absolute atomic E-state index is 0.266. The van der Waals surface area contributed by atoms with Crippen LogP contribution in [-0.2, 0) is 11.8 Å². The average Bonchev–Trinajstić information content (AvgIpc) is 2.31. The minimum Gasteiger partial charge on any atom is -0.384 e. The first-order valence-electron chi connectivity index (χ1n) is 6.54. The van der Waals surface area contributed by atoms with E-state index in [1.807, 2.05) is 13.8 Å². The largest absolute Gasteiger partial charge is 0.433 e. The smallest absolute Gasteiger partial charge is 0.384 e. The molecule has 1 unspecified atom stereocenters. The van der Waals surface area contributed by atoms with Gasteiger partial charge in [0.1, 0.15) is 10.8 Å². The molecule has 1 atom stereocenters. The van der Waals surface area contributed by atoms with Gasteiger partial charge in [0.2, 0.25) is 0 Å². The molecule has 20 heavy (non-hydrogen) atoms. The van der Waals surface area contributed by atoms with Gasteiger partial charge in [0.25, 0.3) is 0 Å². The summed E-state index contributed by atoms with van der Waals surface area (Å²) >= 11 is 5.91. The molecule has 0 aliphatic heterocycles. The fourth-order valence-corrected chi connectivity index (χ4v) is 3.20. The van der Waals surface area contributed by atoms with E-state index < -0.39 is 22.9 Å². The Morgan fingerprint density at radius 1 is 1.20 bits per heavy atom. The van der Waals surface area contributed by atoms with Crippen molar-refractivity contribution in [3.8, 4) is 0 Å². The van der Waals surface area contributed by atoms with E-state index >= 15 is 0 Å². The van der Waals surface area contributed by atoms with Gasteiger partial charge >= 0.3 is 6.18 Å². The highest BCUT2D eigenvalue weighted by Gasteiger charge is 2.48. The van der Waals surface area contributed by atoms with Crippen LogP contribution in [0.2, 0.25) is 5.15 Å². The predicted molar refractivity (Wildman–Crippen MR) is 70.4 cm³/mol. The Kier molecular flexibility index (Phi) is 3.80. The van der Waals surface area contributed by atoms with Crippen molar-refractivity contribution in [2.24, 2.45) is 5.41 Å². The van der Waals surface area contributed by atoms with Gasteiger partial charge in [0.15, 0.2) is 0 Å². The number of aliphatic hydroxyl groups is 1. The molecule has 2 rings (SSSR count). The zero-order chi connectivity index (χ0) is 15.2. The van der Waals surface area contributed by atoms with Crippen LogP contribution in [0.4, 0.5) is 13.2 Å². The third kappa shape index (κ3) is 2.53. The lowest BCUT2D eigenvalue weighted by Gasteiger charge is -2.47. The Hall–Kier alpha value is -0.810. The first-order valence-corrected chi connectivity index (χ1v) is 6.92. The number of nitrogens with zero attached hydrogens (tertiary/aromatic N) is 1. The highest BCUT2D eigenvalue weighted by Crippen LogP contribution is 2.51. The van der Waals surface area contributed by atoms with Crippen LogP contribution in [0.15, 0.2) is 12.1 Å². The SMILES string of the molecule is CC1(C)CCCCC1(O)c1ccc(C(F)(F)F)nc1Cl. The van der Waals surface area contributed by atoms with Crippen molar-refractivity contribution in [2.45, 2.75) is 51.3 Å². The fraction of sp³-hybridized carbons (Fsp3) is 0.643. The highest BCUT2D eigenvalue weighted by molar-refractivity contribution is 6.30. The summed E-state index contributed by atoms with van der Waals surface area (Å²) < 4.78 is 37.8. The van der Waals surface area contributed by atoms with Gasteiger partial charge in [0, 0.05) is 5.56 Å². The van der Waals surface area contributed by atoms with Crippen LogP contribution in [0, 0.1) is 5.41 Å². The zero-order valence-electron chi connectivity index (χ0n) is 11.4. The number of pyridine rings is 1. The van der Waals surface area contributed by atoms with Crippen LogP contribution >= 0.6 is 11.6 Å². The maximum atomic E-state index is 12.6. The second kappa shape index (κ2) is 4.88. The van der Waals surface area contributed by atoms with Crippen molar-refractivity contribution in [2.75, 3.05) is 0 Å². The molecule has 6 heteroatoms. The topological polar surface area (TPSA) is 33.1 Å². The quantitative estimate of drug-likeness (QED) is 0.773. The molecule has 1 aromatic rings. The maximum Gasteiger partial charge on any atom is 0.433 e. The number of rotatable bonds is 1. The molecule has 1 heterocycles. The second-order valence-electron chi connectivity index (χ2n) is 5.98. The standard InChI is InChI=1S/C14H17ClF3NO/c1-12(2)7-3-4-8-13(12,20)9-5-6-10(14(16,17)18)19-11(9)15/h5-6,20H,3-4,7-8H2,1-2H3. The minimum atomic E-state index is -4.53. The molecular formula is C14H17ClF3NO. The molecule has 1 aromatic heterocycles. The summed E-state index contributed by atoms with van der Waals surface area (Å²) in [4.78, 5) is 3.41. The van der Waals surface area contributed by atoms with Gasteiger partial charge in [-0.15, -0.1) is 0 Å². The van der Waals surface area contributed by atoms with Crippen LogP contribution in [0.1, 0.15) is 50.8 Å². The third-order valence-electron chi connectivity index (χ3n) is 4.29. The van der Waals surface area contributed by atoms with Crippen LogP contribution in [0.25, 0.3) is 0 Å². The molecule has 0 spiro atoms. The highest BCUT2D eigenvalue weighted by atomic mass is 35.5. The van der Waals surface area contributed by atoms with E-state index in [1.165, 1.54) is 6.07 Å². The fourth-order valence-electron chi connectivity index (χ4n) is 2.89. The predicted octanol–water partition coefficient (Wildman–Crippen LogP) is 4.54. The van der Waals surface area contributed by atoms with Crippen LogP contribution in [-0.4, -0.2) is 10.1 Å². The van der Waals surface area contributed by atoms with Crippen molar-refractivity contribution >= 4 is 11.6 Å². The maximum absolute atomic E-state index is 12.6. The van der Waals surface area contributed by atoms with Crippen molar-refractivity contribution in [1.29, 1.82) is 0 Å².